The number of rotatable bonds is 2. The van der Waals surface area contributed by atoms with Crippen LogP contribution in [-0.2, 0) is 0 Å². The van der Waals surface area contributed by atoms with E-state index in [0.29, 0.717) is 0 Å². The van der Waals surface area contributed by atoms with Crippen LogP contribution in [0.3, 0.4) is 0 Å². The average molecular weight is 114 g/mol. The molecule has 1 rings (SSSR count). The van der Waals surface area contributed by atoms with E-state index in [4.69, 9.17) is 5.84 Å². The average Bonchev–Trinajstić information content (AvgIpc) is 2.44. The van der Waals surface area contributed by atoms with Crippen LogP contribution in [0.4, 0.5) is 0 Å². The highest BCUT2D eigenvalue weighted by Gasteiger charge is 2.36. The fraction of sp³-hybridized carbons (Fsp3) is 1.00. The van der Waals surface area contributed by atoms with Gasteiger partial charge in [0.25, 0.3) is 0 Å². The molecule has 1 aliphatic carbocycles. The van der Waals surface area contributed by atoms with Gasteiger partial charge in [-0.25, -0.2) is 0 Å². The van der Waals surface area contributed by atoms with Gasteiger partial charge in [-0.05, 0) is 32.6 Å². The van der Waals surface area contributed by atoms with Crippen LogP contribution >= 0.6 is 0 Å². The van der Waals surface area contributed by atoms with E-state index in [1.54, 1.807) is 0 Å². The standard InChI is InChI=1S/C6H14N2/c1-6(2,8-7)5-3-4-5/h5,8H,3-4,7H2,1-2H3. The molecule has 0 atom stereocenters. The molecule has 2 nitrogen and oxygen atoms in total. The number of nitrogens with two attached hydrogens (primary N) is 1. The van der Waals surface area contributed by atoms with Gasteiger partial charge in [0.15, 0.2) is 0 Å². The van der Waals surface area contributed by atoms with Crippen molar-refractivity contribution in [2.75, 3.05) is 0 Å². The smallest absolute Gasteiger partial charge is 0.0293 e. The first-order chi connectivity index (χ1) is 3.67. The zero-order chi connectivity index (χ0) is 6.20. The summed E-state index contributed by atoms with van der Waals surface area (Å²) in [5.74, 6) is 6.12. The fourth-order valence-corrected chi connectivity index (χ4v) is 0.923. The molecule has 0 amide bonds. The van der Waals surface area contributed by atoms with Gasteiger partial charge in [-0.15, -0.1) is 0 Å². The topological polar surface area (TPSA) is 38.0 Å². The summed E-state index contributed by atoms with van der Waals surface area (Å²) >= 11 is 0. The summed E-state index contributed by atoms with van der Waals surface area (Å²) in [7, 11) is 0. The van der Waals surface area contributed by atoms with Gasteiger partial charge in [0.2, 0.25) is 0 Å². The van der Waals surface area contributed by atoms with Crippen molar-refractivity contribution in [3.8, 4) is 0 Å². The van der Waals surface area contributed by atoms with Crippen LogP contribution in [-0.4, -0.2) is 5.54 Å². The minimum absolute atomic E-state index is 0.181. The van der Waals surface area contributed by atoms with Crippen molar-refractivity contribution >= 4 is 0 Å². The minimum Gasteiger partial charge on any atom is -0.271 e. The highest BCUT2D eigenvalue weighted by Crippen LogP contribution is 2.38. The molecule has 2 heteroatoms. The van der Waals surface area contributed by atoms with Crippen LogP contribution < -0.4 is 11.3 Å². The predicted molar refractivity (Wildman–Crippen MR) is 34.1 cm³/mol. The molecule has 0 bridgehead atoms. The predicted octanol–water partition coefficient (Wildman–Crippen LogP) is 0.638. The van der Waals surface area contributed by atoms with E-state index in [9.17, 15) is 0 Å². The zero-order valence-corrected chi connectivity index (χ0v) is 5.57. The third-order valence-corrected chi connectivity index (χ3v) is 1.97. The Morgan fingerprint density at radius 2 is 2.00 bits per heavy atom. The second-order valence-electron chi connectivity index (χ2n) is 3.14. The van der Waals surface area contributed by atoms with Crippen LogP contribution in [0.25, 0.3) is 0 Å². The lowest BCUT2D eigenvalue weighted by Crippen LogP contribution is -2.45. The number of hydrogen-bond donors (Lipinski definition) is 2. The molecule has 0 aromatic heterocycles. The van der Waals surface area contributed by atoms with Gasteiger partial charge in [0, 0.05) is 5.54 Å². The van der Waals surface area contributed by atoms with E-state index in [1.807, 2.05) is 0 Å². The van der Waals surface area contributed by atoms with E-state index in [-0.39, 0.29) is 5.54 Å². The molecule has 0 aromatic rings. The molecule has 3 N–H and O–H groups in total. The number of hydrazine groups is 1. The van der Waals surface area contributed by atoms with E-state index < -0.39 is 0 Å². The quantitative estimate of drug-likeness (QED) is 0.408. The lowest BCUT2D eigenvalue weighted by Gasteiger charge is -2.22. The molecule has 0 aliphatic heterocycles. The molecule has 0 aromatic carbocycles. The lowest BCUT2D eigenvalue weighted by molar-refractivity contribution is 0.349. The first-order valence-electron chi connectivity index (χ1n) is 3.14. The number of nitrogens with one attached hydrogen (secondary N) is 1. The largest absolute Gasteiger partial charge is 0.271 e. The maximum absolute atomic E-state index is 5.30. The summed E-state index contributed by atoms with van der Waals surface area (Å²) in [6.45, 7) is 4.29. The molecule has 0 unspecified atom stereocenters. The molecule has 0 spiro atoms. The SMILES string of the molecule is CC(C)(NN)C1CC1. The second kappa shape index (κ2) is 1.71. The Hall–Kier alpha value is -0.0800. The molecule has 0 radical (unpaired) electrons. The Balaban J connectivity index is 2.37. The van der Waals surface area contributed by atoms with Crippen molar-refractivity contribution in [3.63, 3.8) is 0 Å². The van der Waals surface area contributed by atoms with Crippen LogP contribution in [0.15, 0.2) is 0 Å². The molecule has 0 heterocycles. The van der Waals surface area contributed by atoms with Crippen LogP contribution in [0.5, 0.6) is 0 Å². The molecule has 8 heavy (non-hydrogen) atoms. The third kappa shape index (κ3) is 1.01. The second-order valence-corrected chi connectivity index (χ2v) is 3.14. The van der Waals surface area contributed by atoms with Crippen LogP contribution in [0.1, 0.15) is 26.7 Å². The van der Waals surface area contributed by atoms with Gasteiger partial charge >= 0.3 is 0 Å². The maximum Gasteiger partial charge on any atom is 0.0293 e. The number of hydrogen-bond acceptors (Lipinski definition) is 2. The Bertz CT molecular complexity index is 84.5. The van der Waals surface area contributed by atoms with E-state index in [1.165, 1.54) is 12.8 Å². The van der Waals surface area contributed by atoms with Gasteiger partial charge in [0.05, 0.1) is 0 Å². The van der Waals surface area contributed by atoms with Crippen LogP contribution in [0.2, 0.25) is 0 Å². The fourth-order valence-electron chi connectivity index (χ4n) is 0.923. The molecule has 1 aliphatic rings. The Labute approximate surface area is 50.4 Å². The Kier molecular flexibility index (Phi) is 1.29. The van der Waals surface area contributed by atoms with Gasteiger partial charge in [-0.2, -0.15) is 0 Å². The van der Waals surface area contributed by atoms with Crippen molar-refractivity contribution in [2.45, 2.75) is 32.2 Å². The molecule has 1 saturated carbocycles. The first-order valence-corrected chi connectivity index (χ1v) is 3.14. The lowest BCUT2D eigenvalue weighted by atomic mass is 10.0. The van der Waals surface area contributed by atoms with E-state index >= 15 is 0 Å². The van der Waals surface area contributed by atoms with Gasteiger partial charge in [-0.3, -0.25) is 11.3 Å². The summed E-state index contributed by atoms with van der Waals surface area (Å²) in [6, 6.07) is 0. The summed E-state index contributed by atoms with van der Waals surface area (Å²) in [5, 5.41) is 0. The molecular weight excluding hydrogens is 100 g/mol. The molecular formula is C6H14N2. The first kappa shape index (κ1) is 6.05. The summed E-state index contributed by atoms with van der Waals surface area (Å²) in [4.78, 5) is 0. The highest BCUT2D eigenvalue weighted by atomic mass is 15.3. The highest BCUT2D eigenvalue weighted by molar-refractivity contribution is 4.92. The summed E-state index contributed by atoms with van der Waals surface area (Å²) in [5.41, 5.74) is 2.98. The maximum atomic E-state index is 5.30. The monoisotopic (exact) mass is 114 g/mol. The van der Waals surface area contributed by atoms with Crippen molar-refractivity contribution in [1.82, 2.24) is 5.43 Å². The van der Waals surface area contributed by atoms with Gasteiger partial charge in [-0.1, -0.05) is 0 Å². The van der Waals surface area contributed by atoms with Crippen molar-refractivity contribution in [3.05, 3.63) is 0 Å². The van der Waals surface area contributed by atoms with E-state index in [2.05, 4.69) is 19.3 Å². The van der Waals surface area contributed by atoms with Crippen molar-refractivity contribution < 1.29 is 0 Å². The molecule has 48 valence electrons. The minimum atomic E-state index is 0.181. The van der Waals surface area contributed by atoms with Crippen molar-refractivity contribution in [2.24, 2.45) is 11.8 Å². The summed E-state index contributed by atoms with van der Waals surface area (Å²) < 4.78 is 0. The molecule has 0 saturated heterocycles. The van der Waals surface area contributed by atoms with E-state index in [0.717, 1.165) is 5.92 Å². The van der Waals surface area contributed by atoms with Gasteiger partial charge in [0.1, 0.15) is 0 Å². The van der Waals surface area contributed by atoms with Crippen LogP contribution in [0, 0.1) is 5.92 Å². The van der Waals surface area contributed by atoms with Gasteiger partial charge < -0.3 is 0 Å². The zero-order valence-electron chi connectivity index (χ0n) is 5.57. The Morgan fingerprint density at radius 3 is 2.12 bits per heavy atom. The Morgan fingerprint density at radius 1 is 1.50 bits per heavy atom. The normalized spacial score (nSPS) is 21.4. The summed E-state index contributed by atoms with van der Waals surface area (Å²) in [6.07, 6.45) is 2.69. The van der Waals surface area contributed by atoms with Crippen molar-refractivity contribution in [1.29, 1.82) is 0 Å². The third-order valence-electron chi connectivity index (χ3n) is 1.97. The molecule has 1 fully saturated rings.